The van der Waals surface area contributed by atoms with Crippen molar-refractivity contribution in [1.29, 1.82) is 0 Å². The van der Waals surface area contributed by atoms with E-state index in [2.05, 4.69) is 16.9 Å². The van der Waals surface area contributed by atoms with Crippen LogP contribution in [0, 0.1) is 6.92 Å². The van der Waals surface area contributed by atoms with Gasteiger partial charge in [-0.25, -0.2) is 4.98 Å². The molecule has 0 bridgehead atoms. The number of aromatic nitrogens is 2. The normalized spacial score (nSPS) is 15.4. The van der Waals surface area contributed by atoms with Crippen LogP contribution in [-0.4, -0.2) is 77.4 Å². The Morgan fingerprint density at radius 3 is 2.46 bits per heavy atom. The zero-order valence-electron chi connectivity index (χ0n) is 14.9. The summed E-state index contributed by atoms with van der Waals surface area (Å²) in [6.45, 7) is 11.6. The largest absolute Gasteiger partial charge is 0.337 e. The fourth-order valence-electron chi connectivity index (χ4n) is 2.88. The quantitative estimate of drug-likeness (QED) is 0.753. The summed E-state index contributed by atoms with van der Waals surface area (Å²) in [6, 6.07) is 0. The summed E-state index contributed by atoms with van der Waals surface area (Å²) in [4.78, 5) is 38.2. The number of hydrogen-bond donors (Lipinski definition) is 1. The molecule has 1 aromatic heterocycles. The van der Waals surface area contributed by atoms with Crippen LogP contribution in [0.4, 0.5) is 0 Å². The maximum Gasteiger partial charge on any atom is 0.274 e. The lowest BCUT2D eigenvalue weighted by atomic mass is 10.2. The molecule has 0 radical (unpaired) electrons. The highest BCUT2D eigenvalue weighted by Crippen LogP contribution is 2.04. The molecule has 24 heavy (non-hydrogen) atoms. The average Bonchev–Trinajstić information content (AvgIpc) is 2.62. The predicted molar refractivity (Wildman–Crippen MR) is 90.8 cm³/mol. The molecule has 2 amide bonds. The second kappa shape index (κ2) is 8.73. The molecule has 2 rings (SSSR count). The minimum Gasteiger partial charge on any atom is -0.337 e. The van der Waals surface area contributed by atoms with E-state index in [-0.39, 0.29) is 11.8 Å². The van der Waals surface area contributed by atoms with E-state index in [4.69, 9.17) is 0 Å². The Hall–Kier alpha value is -2.02. The Morgan fingerprint density at radius 2 is 1.92 bits per heavy atom. The fourth-order valence-corrected chi connectivity index (χ4v) is 2.88. The van der Waals surface area contributed by atoms with Gasteiger partial charge in [-0.15, -0.1) is 0 Å². The molecule has 0 aromatic carbocycles. The number of carbonyl (C=O) groups excluding carboxylic acids is 2. The van der Waals surface area contributed by atoms with Crippen LogP contribution in [0.3, 0.4) is 0 Å². The molecule has 0 atom stereocenters. The third-order valence-corrected chi connectivity index (χ3v) is 4.59. The topological polar surface area (TPSA) is 70.8 Å². The van der Waals surface area contributed by atoms with Crippen molar-refractivity contribution >= 4 is 11.8 Å². The van der Waals surface area contributed by atoms with Crippen molar-refractivity contribution < 1.29 is 14.5 Å². The number of rotatable bonds is 6. The Balaban J connectivity index is 1.85. The van der Waals surface area contributed by atoms with E-state index < -0.39 is 0 Å². The summed E-state index contributed by atoms with van der Waals surface area (Å²) >= 11 is 0. The number of carbonyl (C=O) groups is 2. The highest BCUT2D eigenvalue weighted by atomic mass is 16.2. The van der Waals surface area contributed by atoms with Crippen molar-refractivity contribution in [1.82, 2.24) is 19.8 Å². The summed E-state index contributed by atoms with van der Waals surface area (Å²) in [5, 5.41) is 0. The fraction of sp³-hybridized carbons (Fsp3) is 0.647. The van der Waals surface area contributed by atoms with Crippen molar-refractivity contribution in [3.05, 3.63) is 23.8 Å². The van der Waals surface area contributed by atoms with Gasteiger partial charge in [-0.3, -0.25) is 14.6 Å². The van der Waals surface area contributed by atoms with Gasteiger partial charge < -0.3 is 14.7 Å². The summed E-state index contributed by atoms with van der Waals surface area (Å²) in [7, 11) is 0. The Labute approximate surface area is 143 Å². The molecule has 1 aromatic rings. The lowest BCUT2D eigenvalue weighted by Gasteiger charge is -2.32. The van der Waals surface area contributed by atoms with Gasteiger partial charge in [0.2, 0.25) is 5.91 Å². The second-order valence-electron chi connectivity index (χ2n) is 6.16. The molecule has 1 fully saturated rings. The number of likely N-dealkylation sites (N-methyl/N-ethyl adjacent to an activating group) is 1. The van der Waals surface area contributed by atoms with Gasteiger partial charge in [-0.2, -0.15) is 0 Å². The average molecular weight is 334 g/mol. The van der Waals surface area contributed by atoms with Gasteiger partial charge in [0.1, 0.15) is 5.69 Å². The van der Waals surface area contributed by atoms with Gasteiger partial charge in [0, 0.05) is 25.7 Å². The van der Waals surface area contributed by atoms with Crippen LogP contribution >= 0.6 is 0 Å². The Bertz CT molecular complexity index is 553. The third kappa shape index (κ3) is 4.74. The van der Waals surface area contributed by atoms with Crippen molar-refractivity contribution in [2.24, 2.45) is 0 Å². The first-order chi connectivity index (χ1) is 11.5. The van der Waals surface area contributed by atoms with E-state index in [0.29, 0.717) is 25.2 Å². The number of amides is 2. The van der Waals surface area contributed by atoms with Crippen molar-refractivity contribution in [3.63, 3.8) is 0 Å². The zero-order chi connectivity index (χ0) is 17.5. The van der Waals surface area contributed by atoms with Gasteiger partial charge >= 0.3 is 0 Å². The van der Waals surface area contributed by atoms with Crippen molar-refractivity contribution in [3.8, 4) is 0 Å². The van der Waals surface area contributed by atoms with E-state index in [0.717, 1.165) is 38.4 Å². The molecule has 1 aliphatic rings. The monoisotopic (exact) mass is 334 g/mol. The second-order valence-corrected chi connectivity index (χ2v) is 6.16. The number of aryl methyl sites for hydroxylation is 1. The standard InChI is InChI=1S/C17H27N5O2/c1-4-20-8-10-22(11-9-20)16(23)6-7-21(5-2)17(24)15-13-18-14(3)12-19-15/h12-13H,4-11H2,1-3H3/p+1. The lowest BCUT2D eigenvalue weighted by molar-refractivity contribution is -0.902. The maximum atomic E-state index is 12.5. The molecule has 132 valence electrons. The first kappa shape index (κ1) is 18.3. The van der Waals surface area contributed by atoms with E-state index in [1.165, 1.54) is 6.20 Å². The van der Waals surface area contributed by atoms with E-state index >= 15 is 0 Å². The van der Waals surface area contributed by atoms with Crippen molar-refractivity contribution in [2.45, 2.75) is 27.2 Å². The predicted octanol–water partition coefficient (Wildman–Crippen LogP) is -0.616. The van der Waals surface area contributed by atoms with Gasteiger partial charge in [-0.1, -0.05) is 0 Å². The molecule has 0 saturated carbocycles. The lowest BCUT2D eigenvalue weighted by Crippen LogP contribution is -3.14. The number of piperazine rings is 1. The maximum absolute atomic E-state index is 12.5. The van der Waals surface area contributed by atoms with Crippen LogP contribution in [-0.2, 0) is 4.79 Å². The van der Waals surface area contributed by atoms with Crippen LogP contribution in [0.5, 0.6) is 0 Å². The first-order valence-corrected chi connectivity index (χ1v) is 8.74. The SMILES string of the molecule is CCN(CCC(=O)N1CC[NH+](CC)CC1)C(=O)c1cnc(C)cn1. The van der Waals surface area contributed by atoms with Gasteiger partial charge in [0.25, 0.3) is 5.91 Å². The van der Waals surface area contributed by atoms with Crippen molar-refractivity contribution in [2.75, 3.05) is 45.8 Å². The highest BCUT2D eigenvalue weighted by Gasteiger charge is 2.24. The summed E-state index contributed by atoms with van der Waals surface area (Å²) in [5.41, 5.74) is 1.10. The number of quaternary nitrogens is 1. The van der Waals surface area contributed by atoms with E-state index in [1.807, 2.05) is 18.7 Å². The van der Waals surface area contributed by atoms with Crippen LogP contribution in [0.1, 0.15) is 36.5 Å². The van der Waals surface area contributed by atoms with Crippen LogP contribution in [0.2, 0.25) is 0 Å². The van der Waals surface area contributed by atoms with E-state index in [9.17, 15) is 9.59 Å². The van der Waals surface area contributed by atoms with Gasteiger partial charge in [0.05, 0.1) is 44.6 Å². The summed E-state index contributed by atoms with van der Waals surface area (Å²) in [6.07, 6.45) is 3.44. The minimum atomic E-state index is -0.168. The van der Waals surface area contributed by atoms with Crippen LogP contribution in [0.25, 0.3) is 0 Å². The van der Waals surface area contributed by atoms with E-state index in [1.54, 1.807) is 16.0 Å². The van der Waals surface area contributed by atoms with Crippen LogP contribution < -0.4 is 4.90 Å². The molecule has 1 saturated heterocycles. The molecule has 7 nitrogen and oxygen atoms in total. The number of nitrogens with zero attached hydrogens (tertiary/aromatic N) is 4. The molecule has 0 aliphatic carbocycles. The summed E-state index contributed by atoms with van der Waals surface area (Å²) < 4.78 is 0. The van der Waals surface area contributed by atoms with Crippen LogP contribution in [0.15, 0.2) is 12.4 Å². The minimum absolute atomic E-state index is 0.131. The molecule has 7 heteroatoms. The molecule has 0 unspecified atom stereocenters. The molecule has 0 spiro atoms. The Kier molecular flexibility index (Phi) is 6.66. The highest BCUT2D eigenvalue weighted by molar-refractivity contribution is 5.92. The van der Waals surface area contributed by atoms with Gasteiger partial charge in [0.15, 0.2) is 0 Å². The molecular weight excluding hydrogens is 306 g/mol. The smallest absolute Gasteiger partial charge is 0.274 e. The third-order valence-electron chi connectivity index (χ3n) is 4.59. The van der Waals surface area contributed by atoms with Gasteiger partial charge in [-0.05, 0) is 20.8 Å². The summed E-state index contributed by atoms with van der Waals surface area (Å²) in [5.74, 6) is -0.0376. The molecular formula is C17H28N5O2+. The first-order valence-electron chi connectivity index (χ1n) is 8.74. The molecule has 1 aliphatic heterocycles. The number of hydrogen-bond acceptors (Lipinski definition) is 4. The molecule has 1 N–H and O–H groups in total. The Morgan fingerprint density at radius 1 is 1.21 bits per heavy atom. The molecule has 2 heterocycles. The number of nitrogens with one attached hydrogen (secondary N) is 1. The zero-order valence-corrected chi connectivity index (χ0v) is 14.9.